The largest absolute Gasteiger partial charge is 0.496 e. The zero-order valence-corrected chi connectivity index (χ0v) is 17.7. The molecule has 0 unspecified atom stereocenters. The zero-order valence-electron chi connectivity index (χ0n) is 17.0. The molecule has 158 valence electrons. The summed E-state index contributed by atoms with van der Waals surface area (Å²) in [5, 5.41) is 9.21. The Kier molecular flexibility index (Phi) is 5.98. The lowest BCUT2D eigenvalue weighted by atomic mass is 9.80. The Morgan fingerprint density at radius 3 is 2.24 bits per heavy atom. The molecule has 11 heteroatoms. The first kappa shape index (κ1) is 21.7. The predicted molar refractivity (Wildman–Crippen MR) is 107 cm³/mol. The van der Waals surface area contributed by atoms with Gasteiger partial charge in [0.2, 0.25) is 5.88 Å². The maximum absolute atomic E-state index is 12.3. The predicted octanol–water partition coefficient (Wildman–Crippen LogP) is 1.24. The molecule has 2 saturated heterocycles. The molecule has 0 spiro atoms. The van der Waals surface area contributed by atoms with Crippen molar-refractivity contribution in [1.29, 1.82) is 0 Å². The second kappa shape index (κ2) is 8.00. The van der Waals surface area contributed by atoms with Gasteiger partial charge < -0.3 is 29.0 Å². The molecule has 0 radical (unpaired) electrons. The molecule has 0 aromatic carbocycles. The van der Waals surface area contributed by atoms with Crippen molar-refractivity contribution in [3.63, 3.8) is 0 Å². The Morgan fingerprint density at radius 2 is 1.72 bits per heavy atom. The molecule has 29 heavy (non-hydrogen) atoms. The Hall–Kier alpha value is -2.04. The van der Waals surface area contributed by atoms with Crippen molar-refractivity contribution in [2.45, 2.75) is 38.9 Å². The quantitative estimate of drug-likeness (QED) is 0.724. The van der Waals surface area contributed by atoms with Gasteiger partial charge in [0.05, 0.1) is 11.2 Å². The van der Waals surface area contributed by atoms with Gasteiger partial charge in [-0.05, 0) is 33.8 Å². The molecule has 1 aromatic rings. The summed E-state index contributed by atoms with van der Waals surface area (Å²) in [6.45, 7) is 8.83. The minimum Gasteiger partial charge on any atom is -0.466 e. The van der Waals surface area contributed by atoms with E-state index in [0.29, 0.717) is 18.6 Å². The zero-order chi connectivity index (χ0) is 21.4. The van der Waals surface area contributed by atoms with Crippen molar-refractivity contribution in [3.05, 3.63) is 17.3 Å². The van der Waals surface area contributed by atoms with Gasteiger partial charge in [0.25, 0.3) is 5.91 Å². The number of carbonyl (C=O) groups excluding carboxylic acids is 1. The number of carbonyl (C=O) groups is 2. The molecule has 0 saturated carbocycles. The van der Waals surface area contributed by atoms with Crippen LogP contribution < -0.4 is 10.2 Å². The van der Waals surface area contributed by atoms with Crippen LogP contribution in [0.4, 0.5) is 4.79 Å². The highest BCUT2D eigenvalue weighted by Crippen LogP contribution is 2.36. The van der Waals surface area contributed by atoms with Crippen molar-refractivity contribution < 1.29 is 28.7 Å². The Labute approximate surface area is 175 Å². The number of rotatable bonds is 4. The van der Waals surface area contributed by atoms with Gasteiger partial charge in [-0.25, -0.2) is 9.78 Å². The highest BCUT2D eigenvalue weighted by molar-refractivity contribution is 6.62. The summed E-state index contributed by atoms with van der Waals surface area (Å²) in [5.41, 5.74) is -0.288. The summed E-state index contributed by atoms with van der Waals surface area (Å²) in [6, 6.07) is 1.65. The minimum absolute atomic E-state index is 0.143. The van der Waals surface area contributed by atoms with Crippen LogP contribution in [0.5, 0.6) is 5.88 Å². The average molecular weight is 426 g/mol. The number of pyridine rings is 1. The first-order chi connectivity index (χ1) is 13.5. The Balaban J connectivity index is 1.56. The number of carboxylic acid groups (broad SMARTS) is 1. The molecule has 3 rings (SSSR count). The SMILES string of the molecule is CC1(C)OB(c2cnc(OCC(=O)N3CCN(C(=O)O)CC3)c(Cl)c2)OC1(C)C. The van der Waals surface area contributed by atoms with E-state index in [9.17, 15) is 9.59 Å². The topological polar surface area (TPSA) is 101 Å². The minimum atomic E-state index is -0.980. The number of amides is 2. The third-order valence-electron chi connectivity index (χ3n) is 5.59. The lowest BCUT2D eigenvalue weighted by molar-refractivity contribution is -0.135. The van der Waals surface area contributed by atoms with Gasteiger partial charge in [0.1, 0.15) is 5.02 Å². The van der Waals surface area contributed by atoms with Crippen molar-refractivity contribution >= 4 is 36.2 Å². The molecule has 2 fully saturated rings. The van der Waals surface area contributed by atoms with E-state index < -0.39 is 24.4 Å². The Morgan fingerprint density at radius 1 is 1.17 bits per heavy atom. The molecule has 0 bridgehead atoms. The van der Waals surface area contributed by atoms with Crippen molar-refractivity contribution in [1.82, 2.24) is 14.8 Å². The lowest BCUT2D eigenvalue weighted by Gasteiger charge is -2.32. The molecule has 2 aliphatic rings. The van der Waals surface area contributed by atoms with Crippen LogP contribution in [-0.4, -0.2) is 83.0 Å². The van der Waals surface area contributed by atoms with Gasteiger partial charge in [-0.2, -0.15) is 0 Å². The van der Waals surface area contributed by atoms with E-state index in [1.807, 2.05) is 27.7 Å². The molecular formula is C18H25BClN3O6. The van der Waals surface area contributed by atoms with E-state index >= 15 is 0 Å². The fraction of sp³-hybridized carbons (Fsp3) is 0.611. The van der Waals surface area contributed by atoms with E-state index in [1.165, 1.54) is 4.90 Å². The van der Waals surface area contributed by atoms with E-state index in [0.717, 1.165) is 0 Å². The maximum Gasteiger partial charge on any atom is 0.496 e. The summed E-state index contributed by atoms with van der Waals surface area (Å²) in [4.78, 5) is 30.3. The van der Waals surface area contributed by atoms with Crippen molar-refractivity contribution in [3.8, 4) is 5.88 Å². The van der Waals surface area contributed by atoms with Gasteiger partial charge in [-0.15, -0.1) is 0 Å². The molecule has 2 amide bonds. The van der Waals surface area contributed by atoms with Gasteiger partial charge in [0.15, 0.2) is 6.61 Å². The van der Waals surface area contributed by atoms with Crippen LogP contribution in [0.3, 0.4) is 0 Å². The number of halogens is 1. The number of nitrogens with zero attached hydrogens (tertiary/aromatic N) is 3. The van der Waals surface area contributed by atoms with Crippen LogP contribution in [0.2, 0.25) is 5.02 Å². The van der Waals surface area contributed by atoms with Crippen LogP contribution >= 0.6 is 11.6 Å². The van der Waals surface area contributed by atoms with Crippen molar-refractivity contribution in [2.75, 3.05) is 32.8 Å². The lowest BCUT2D eigenvalue weighted by Crippen LogP contribution is -2.51. The van der Waals surface area contributed by atoms with E-state index in [2.05, 4.69) is 4.98 Å². The Bertz CT molecular complexity index is 782. The molecule has 3 heterocycles. The molecule has 0 aliphatic carbocycles. The summed E-state index contributed by atoms with van der Waals surface area (Å²) in [5.74, 6) is -0.104. The summed E-state index contributed by atoms with van der Waals surface area (Å²) >= 11 is 6.28. The second-order valence-corrected chi connectivity index (χ2v) is 8.49. The molecule has 9 nitrogen and oxygen atoms in total. The van der Waals surface area contributed by atoms with Crippen LogP contribution in [0.15, 0.2) is 12.3 Å². The monoisotopic (exact) mass is 425 g/mol. The van der Waals surface area contributed by atoms with E-state index in [1.54, 1.807) is 17.2 Å². The van der Waals surface area contributed by atoms with Crippen LogP contribution in [-0.2, 0) is 14.1 Å². The summed E-state index contributed by atoms with van der Waals surface area (Å²) in [6.07, 6.45) is 0.575. The molecular weight excluding hydrogens is 400 g/mol. The molecule has 0 atom stereocenters. The number of hydrogen-bond donors (Lipinski definition) is 1. The fourth-order valence-electron chi connectivity index (χ4n) is 3.02. The van der Waals surface area contributed by atoms with Gasteiger partial charge in [-0.3, -0.25) is 4.79 Å². The van der Waals surface area contributed by atoms with Crippen LogP contribution in [0.25, 0.3) is 0 Å². The molecule has 1 N–H and O–H groups in total. The first-order valence-corrected chi connectivity index (χ1v) is 9.77. The van der Waals surface area contributed by atoms with Gasteiger partial charge >= 0.3 is 13.2 Å². The highest BCUT2D eigenvalue weighted by atomic mass is 35.5. The van der Waals surface area contributed by atoms with E-state index in [4.69, 9.17) is 30.8 Å². The van der Waals surface area contributed by atoms with E-state index in [-0.39, 0.29) is 36.5 Å². The average Bonchev–Trinajstić information content (AvgIpc) is 2.88. The molecule has 1 aromatic heterocycles. The van der Waals surface area contributed by atoms with Gasteiger partial charge in [0, 0.05) is 37.8 Å². The maximum atomic E-state index is 12.3. The molecule has 2 aliphatic heterocycles. The summed E-state index contributed by atoms with van der Waals surface area (Å²) < 4.78 is 17.4. The second-order valence-electron chi connectivity index (χ2n) is 8.08. The van der Waals surface area contributed by atoms with Crippen LogP contribution in [0.1, 0.15) is 27.7 Å². The number of ether oxygens (including phenoxy) is 1. The third kappa shape index (κ3) is 4.60. The number of piperazine rings is 1. The number of hydrogen-bond acceptors (Lipinski definition) is 6. The fourth-order valence-corrected chi connectivity index (χ4v) is 3.25. The number of aromatic nitrogens is 1. The third-order valence-corrected chi connectivity index (χ3v) is 5.86. The summed E-state index contributed by atoms with van der Waals surface area (Å²) in [7, 11) is -0.591. The highest BCUT2D eigenvalue weighted by Gasteiger charge is 2.51. The normalized spacial score (nSPS) is 20.7. The first-order valence-electron chi connectivity index (χ1n) is 9.40. The van der Waals surface area contributed by atoms with Crippen LogP contribution in [0, 0.1) is 0 Å². The standard InChI is InChI=1S/C18H25BClN3O6/c1-17(2)18(3,4)29-19(28-17)12-9-13(20)15(21-10-12)27-11-14(24)22-5-7-23(8-6-22)16(25)26/h9-10H,5-8,11H2,1-4H3,(H,25,26). The van der Waals surface area contributed by atoms with Crippen molar-refractivity contribution in [2.24, 2.45) is 0 Å². The smallest absolute Gasteiger partial charge is 0.466 e. The van der Waals surface area contributed by atoms with Gasteiger partial charge in [-0.1, -0.05) is 11.6 Å².